The van der Waals surface area contributed by atoms with E-state index < -0.39 is 5.41 Å². The summed E-state index contributed by atoms with van der Waals surface area (Å²) < 4.78 is 5.23. The van der Waals surface area contributed by atoms with E-state index in [0.717, 1.165) is 5.69 Å². The summed E-state index contributed by atoms with van der Waals surface area (Å²) in [5, 5.41) is 6.63. The fraction of sp³-hybridized carbons (Fsp3) is 0.667. The summed E-state index contributed by atoms with van der Waals surface area (Å²) in [4.78, 5) is 26.4. The van der Waals surface area contributed by atoms with Gasteiger partial charge in [0.05, 0.1) is 18.4 Å². The van der Waals surface area contributed by atoms with E-state index in [-0.39, 0.29) is 24.2 Å². The van der Waals surface area contributed by atoms with Crippen molar-refractivity contribution >= 4 is 11.9 Å². The first-order valence-corrected chi connectivity index (χ1v) is 7.43. The van der Waals surface area contributed by atoms with Gasteiger partial charge in [-0.3, -0.25) is 14.7 Å². The van der Waals surface area contributed by atoms with Crippen LogP contribution in [0.1, 0.15) is 32.9 Å². The normalized spacial score (nSPS) is 21.8. The maximum absolute atomic E-state index is 12.3. The second kappa shape index (κ2) is 6.28. The molecule has 0 aromatic carbocycles. The third-order valence-corrected chi connectivity index (χ3v) is 4.34. The van der Waals surface area contributed by atoms with E-state index >= 15 is 0 Å². The first kappa shape index (κ1) is 15.5. The van der Waals surface area contributed by atoms with Crippen molar-refractivity contribution in [2.45, 2.75) is 33.6 Å². The van der Waals surface area contributed by atoms with Crippen LogP contribution in [0.25, 0.3) is 0 Å². The van der Waals surface area contributed by atoms with Crippen LogP contribution in [-0.4, -0.2) is 46.7 Å². The van der Waals surface area contributed by atoms with Crippen molar-refractivity contribution in [1.82, 2.24) is 15.1 Å². The van der Waals surface area contributed by atoms with Crippen LogP contribution in [0.4, 0.5) is 0 Å². The zero-order valence-corrected chi connectivity index (χ0v) is 12.9. The summed E-state index contributed by atoms with van der Waals surface area (Å²) >= 11 is 0. The topological polar surface area (TPSA) is 75.3 Å². The Labute approximate surface area is 124 Å². The molecule has 1 N–H and O–H groups in total. The highest BCUT2D eigenvalue weighted by molar-refractivity contribution is 5.82. The molecule has 2 rings (SSSR count). The summed E-state index contributed by atoms with van der Waals surface area (Å²) in [6, 6.07) is 1.79. The molecular weight excluding hydrogens is 270 g/mol. The molecule has 1 aliphatic rings. The average molecular weight is 293 g/mol. The quantitative estimate of drug-likeness (QED) is 0.832. The lowest BCUT2D eigenvalue weighted by molar-refractivity contribution is -0.157. The van der Waals surface area contributed by atoms with E-state index in [2.05, 4.69) is 10.2 Å². The highest BCUT2D eigenvalue weighted by Gasteiger charge is 2.49. The van der Waals surface area contributed by atoms with E-state index in [1.54, 1.807) is 17.2 Å². The number of rotatable bonds is 5. The summed E-state index contributed by atoms with van der Waals surface area (Å²) in [7, 11) is 0. The Morgan fingerprint density at radius 3 is 2.86 bits per heavy atom. The SMILES string of the molecule is CCOC(=O)C1(C(C)C)CCN(C(=O)Cc2ccn[nH]2)C1. The van der Waals surface area contributed by atoms with Crippen LogP contribution in [-0.2, 0) is 20.7 Å². The largest absolute Gasteiger partial charge is 0.466 e. The lowest BCUT2D eigenvalue weighted by atomic mass is 9.76. The molecule has 1 unspecified atom stereocenters. The monoisotopic (exact) mass is 293 g/mol. The molecule has 0 bridgehead atoms. The van der Waals surface area contributed by atoms with Crippen molar-refractivity contribution in [3.63, 3.8) is 0 Å². The molecule has 1 saturated heterocycles. The third kappa shape index (κ3) is 3.09. The van der Waals surface area contributed by atoms with E-state index in [0.29, 0.717) is 26.1 Å². The van der Waals surface area contributed by atoms with Crippen LogP contribution in [0.15, 0.2) is 12.3 Å². The molecular formula is C15H23N3O3. The van der Waals surface area contributed by atoms with E-state index in [4.69, 9.17) is 4.74 Å². The van der Waals surface area contributed by atoms with E-state index in [1.165, 1.54) is 0 Å². The van der Waals surface area contributed by atoms with Crippen molar-refractivity contribution in [3.05, 3.63) is 18.0 Å². The second-order valence-electron chi connectivity index (χ2n) is 5.86. The number of esters is 1. The van der Waals surface area contributed by atoms with Crippen molar-refractivity contribution in [1.29, 1.82) is 0 Å². The Kier molecular flexibility index (Phi) is 4.65. The smallest absolute Gasteiger partial charge is 0.314 e. The molecule has 0 aliphatic carbocycles. The van der Waals surface area contributed by atoms with Gasteiger partial charge in [-0.1, -0.05) is 13.8 Å². The minimum absolute atomic E-state index is 0.0195. The van der Waals surface area contributed by atoms with Crippen LogP contribution >= 0.6 is 0 Å². The number of aromatic nitrogens is 2. The van der Waals surface area contributed by atoms with Gasteiger partial charge in [-0.15, -0.1) is 0 Å². The number of nitrogens with one attached hydrogen (secondary N) is 1. The zero-order chi connectivity index (χ0) is 15.5. The molecule has 0 spiro atoms. The summed E-state index contributed by atoms with van der Waals surface area (Å²) in [6.07, 6.45) is 2.58. The number of ether oxygens (including phenoxy) is 1. The van der Waals surface area contributed by atoms with Crippen LogP contribution < -0.4 is 0 Å². The highest BCUT2D eigenvalue weighted by Crippen LogP contribution is 2.39. The summed E-state index contributed by atoms with van der Waals surface area (Å²) in [6.45, 7) is 7.25. The number of amides is 1. The molecule has 1 aliphatic heterocycles. The Bertz CT molecular complexity index is 498. The molecule has 1 fully saturated rings. The molecule has 116 valence electrons. The zero-order valence-electron chi connectivity index (χ0n) is 12.9. The van der Waals surface area contributed by atoms with Gasteiger partial charge < -0.3 is 9.64 Å². The van der Waals surface area contributed by atoms with Crippen LogP contribution in [0, 0.1) is 11.3 Å². The predicted molar refractivity (Wildman–Crippen MR) is 77.4 cm³/mol. The van der Waals surface area contributed by atoms with Gasteiger partial charge in [-0.2, -0.15) is 5.10 Å². The Morgan fingerprint density at radius 1 is 1.52 bits per heavy atom. The van der Waals surface area contributed by atoms with Gasteiger partial charge in [-0.25, -0.2) is 0 Å². The molecule has 1 aromatic rings. The molecule has 1 aromatic heterocycles. The van der Waals surface area contributed by atoms with Crippen LogP contribution in [0.3, 0.4) is 0 Å². The molecule has 2 heterocycles. The molecule has 1 amide bonds. The predicted octanol–water partition coefficient (Wildman–Crippen LogP) is 1.39. The highest BCUT2D eigenvalue weighted by atomic mass is 16.5. The Morgan fingerprint density at radius 2 is 2.29 bits per heavy atom. The summed E-state index contributed by atoms with van der Waals surface area (Å²) in [5.74, 6) is -0.0237. The first-order valence-electron chi connectivity index (χ1n) is 7.43. The van der Waals surface area contributed by atoms with Gasteiger partial charge >= 0.3 is 5.97 Å². The molecule has 21 heavy (non-hydrogen) atoms. The number of nitrogens with zero attached hydrogens (tertiary/aromatic N) is 2. The van der Waals surface area contributed by atoms with E-state index in [1.807, 2.05) is 20.8 Å². The van der Waals surface area contributed by atoms with Gasteiger partial charge in [0.25, 0.3) is 0 Å². The first-order chi connectivity index (χ1) is 9.99. The number of H-pyrrole nitrogens is 1. The lowest BCUT2D eigenvalue weighted by Gasteiger charge is -2.30. The molecule has 6 nitrogen and oxygen atoms in total. The number of likely N-dealkylation sites (tertiary alicyclic amines) is 1. The van der Waals surface area contributed by atoms with Gasteiger partial charge in [-0.05, 0) is 25.3 Å². The molecule has 0 saturated carbocycles. The van der Waals surface area contributed by atoms with Crippen molar-refractivity contribution < 1.29 is 14.3 Å². The molecule has 6 heteroatoms. The van der Waals surface area contributed by atoms with Crippen LogP contribution in [0.2, 0.25) is 0 Å². The second-order valence-corrected chi connectivity index (χ2v) is 5.86. The van der Waals surface area contributed by atoms with Gasteiger partial charge in [0.15, 0.2) is 0 Å². The Hall–Kier alpha value is -1.85. The number of hydrogen-bond acceptors (Lipinski definition) is 4. The number of aromatic amines is 1. The number of carbonyl (C=O) groups excluding carboxylic acids is 2. The maximum atomic E-state index is 12.3. The minimum atomic E-state index is -0.570. The van der Waals surface area contributed by atoms with E-state index in [9.17, 15) is 9.59 Å². The average Bonchev–Trinajstić information content (AvgIpc) is 3.08. The number of hydrogen-bond donors (Lipinski definition) is 1. The van der Waals surface area contributed by atoms with Crippen LogP contribution in [0.5, 0.6) is 0 Å². The van der Waals surface area contributed by atoms with Gasteiger partial charge in [0, 0.05) is 25.0 Å². The van der Waals surface area contributed by atoms with Gasteiger partial charge in [0.1, 0.15) is 0 Å². The Balaban J connectivity index is 2.05. The molecule has 0 radical (unpaired) electrons. The van der Waals surface area contributed by atoms with Crippen molar-refractivity contribution in [2.24, 2.45) is 11.3 Å². The maximum Gasteiger partial charge on any atom is 0.314 e. The lowest BCUT2D eigenvalue weighted by Crippen LogP contribution is -2.42. The standard InChI is InChI=1S/C15H23N3O3/c1-4-21-14(20)15(11(2)3)6-8-18(10-15)13(19)9-12-5-7-16-17-12/h5,7,11H,4,6,8-10H2,1-3H3,(H,16,17). The number of carbonyl (C=O) groups is 2. The fourth-order valence-corrected chi connectivity index (χ4v) is 2.85. The van der Waals surface area contributed by atoms with Gasteiger partial charge in [0.2, 0.25) is 5.91 Å². The molecule has 1 atom stereocenters. The summed E-state index contributed by atoms with van der Waals surface area (Å²) in [5.41, 5.74) is 0.220. The fourth-order valence-electron chi connectivity index (χ4n) is 2.85. The minimum Gasteiger partial charge on any atom is -0.466 e. The van der Waals surface area contributed by atoms with Crippen molar-refractivity contribution in [2.75, 3.05) is 19.7 Å². The van der Waals surface area contributed by atoms with Crippen molar-refractivity contribution in [3.8, 4) is 0 Å². The third-order valence-electron chi connectivity index (χ3n) is 4.34.